The maximum absolute atomic E-state index is 13.8. The lowest BCUT2D eigenvalue weighted by atomic mass is 10.2. The van der Waals surface area contributed by atoms with Crippen LogP contribution >= 0.6 is 11.8 Å². The maximum atomic E-state index is 13.8. The third kappa shape index (κ3) is 5.03. The van der Waals surface area contributed by atoms with E-state index in [-0.39, 0.29) is 18.2 Å². The van der Waals surface area contributed by atoms with E-state index in [1.165, 1.54) is 31.0 Å². The summed E-state index contributed by atoms with van der Waals surface area (Å²) in [6.07, 6.45) is 0. The lowest BCUT2D eigenvalue weighted by molar-refractivity contribution is 0.280. The summed E-state index contributed by atoms with van der Waals surface area (Å²) in [5, 5.41) is 8.40. The molecule has 4 rings (SSSR count). The molecular formula is C23H18F2N2O3S. The van der Waals surface area contributed by atoms with Gasteiger partial charge in [-0.3, -0.25) is 0 Å². The zero-order valence-electron chi connectivity index (χ0n) is 16.5. The normalized spacial score (nSPS) is 10.8. The van der Waals surface area contributed by atoms with Crippen LogP contribution in [0.1, 0.15) is 11.1 Å². The SMILES string of the molecule is COc1cc(-c2nnc(SCc3ccccc3F)o2)ccc1OCc1ccccc1F. The van der Waals surface area contributed by atoms with Crippen LogP contribution in [0.5, 0.6) is 11.5 Å². The fourth-order valence-corrected chi connectivity index (χ4v) is 3.58. The Morgan fingerprint density at radius 1 is 0.871 bits per heavy atom. The number of thioether (sulfide) groups is 1. The number of ether oxygens (including phenoxy) is 2. The standard InChI is InChI=1S/C23H18F2N2O3S/c1-28-21-12-15(10-11-20(21)29-13-16-6-2-4-8-18(16)24)22-26-27-23(30-22)31-14-17-7-3-5-9-19(17)25/h2-12H,13-14H2,1H3. The van der Waals surface area contributed by atoms with E-state index < -0.39 is 0 Å². The average Bonchev–Trinajstić information content (AvgIpc) is 3.27. The Balaban J connectivity index is 1.45. The van der Waals surface area contributed by atoms with Gasteiger partial charge in [0.2, 0.25) is 5.89 Å². The first-order valence-electron chi connectivity index (χ1n) is 9.38. The van der Waals surface area contributed by atoms with Gasteiger partial charge in [0, 0.05) is 16.9 Å². The van der Waals surface area contributed by atoms with Gasteiger partial charge in [0.05, 0.1) is 7.11 Å². The summed E-state index contributed by atoms with van der Waals surface area (Å²) >= 11 is 1.25. The summed E-state index contributed by atoms with van der Waals surface area (Å²) < 4.78 is 44.3. The molecule has 1 heterocycles. The Morgan fingerprint density at radius 3 is 2.29 bits per heavy atom. The van der Waals surface area contributed by atoms with Gasteiger partial charge >= 0.3 is 0 Å². The first kappa shape index (κ1) is 20.9. The van der Waals surface area contributed by atoms with Crippen molar-refractivity contribution in [2.45, 2.75) is 17.6 Å². The van der Waals surface area contributed by atoms with Gasteiger partial charge in [-0.15, -0.1) is 10.2 Å². The van der Waals surface area contributed by atoms with E-state index in [1.807, 2.05) is 0 Å². The molecule has 0 saturated heterocycles. The molecule has 0 aliphatic rings. The molecule has 0 radical (unpaired) electrons. The lowest BCUT2D eigenvalue weighted by Crippen LogP contribution is -2.00. The van der Waals surface area contributed by atoms with E-state index in [1.54, 1.807) is 54.6 Å². The van der Waals surface area contributed by atoms with E-state index in [2.05, 4.69) is 10.2 Å². The number of methoxy groups -OCH3 is 1. The van der Waals surface area contributed by atoms with Crippen LogP contribution in [-0.2, 0) is 12.4 Å². The molecule has 0 spiro atoms. The fourth-order valence-electron chi connectivity index (χ4n) is 2.83. The summed E-state index contributed by atoms with van der Waals surface area (Å²) in [5.74, 6) is 0.987. The van der Waals surface area contributed by atoms with Gasteiger partial charge in [0.15, 0.2) is 11.5 Å². The molecule has 0 amide bonds. The minimum Gasteiger partial charge on any atom is -0.493 e. The highest BCUT2D eigenvalue weighted by molar-refractivity contribution is 7.98. The number of hydrogen-bond acceptors (Lipinski definition) is 6. The van der Waals surface area contributed by atoms with Crippen molar-refractivity contribution >= 4 is 11.8 Å². The second-order valence-corrected chi connectivity index (χ2v) is 7.43. The molecule has 0 atom stereocenters. The molecule has 1 aromatic heterocycles. The van der Waals surface area contributed by atoms with Crippen molar-refractivity contribution in [1.29, 1.82) is 0 Å². The predicted molar refractivity (Wildman–Crippen MR) is 113 cm³/mol. The summed E-state index contributed by atoms with van der Waals surface area (Å²) in [5.41, 5.74) is 1.65. The van der Waals surface area contributed by atoms with E-state index in [4.69, 9.17) is 13.9 Å². The Morgan fingerprint density at radius 2 is 1.58 bits per heavy atom. The molecule has 4 aromatic rings. The lowest BCUT2D eigenvalue weighted by Gasteiger charge is -2.11. The highest BCUT2D eigenvalue weighted by Crippen LogP contribution is 2.34. The van der Waals surface area contributed by atoms with Crippen molar-refractivity contribution < 1.29 is 22.7 Å². The van der Waals surface area contributed by atoms with Gasteiger partial charge in [-0.2, -0.15) is 0 Å². The van der Waals surface area contributed by atoms with Crippen molar-refractivity contribution in [3.63, 3.8) is 0 Å². The summed E-state index contributed by atoms with van der Waals surface area (Å²) in [6, 6.07) is 18.1. The summed E-state index contributed by atoms with van der Waals surface area (Å²) in [4.78, 5) is 0. The van der Waals surface area contributed by atoms with Crippen LogP contribution in [0.4, 0.5) is 8.78 Å². The second kappa shape index (κ2) is 9.61. The van der Waals surface area contributed by atoms with Crippen molar-refractivity contribution in [3.8, 4) is 23.0 Å². The van der Waals surface area contributed by atoms with E-state index in [0.29, 0.717) is 45.1 Å². The number of halogens is 2. The number of nitrogens with zero attached hydrogens (tertiary/aromatic N) is 2. The molecule has 8 heteroatoms. The largest absolute Gasteiger partial charge is 0.493 e. The van der Waals surface area contributed by atoms with E-state index in [9.17, 15) is 8.78 Å². The highest BCUT2D eigenvalue weighted by atomic mass is 32.2. The average molecular weight is 440 g/mol. The molecule has 0 bridgehead atoms. The van der Waals surface area contributed by atoms with Gasteiger partial charge < -0.3 is 13.9 Å². The minimum atomic E-state index is -0.329. The van der Waals surface area contributed by atoms with Crippen molar-refractivity contribution in [2.24, 2.45) is 0 Å². The summed E-state index contributed by atoms with van der Waals surface area (Å²) in [6.45, 7) is 0.0692. The maximum Gasteiger partial charge on any atom is 0.277 e. The molecule has 0 aliphatic heterocycles. The van der Waals surface area contributed by atoms with Crippen LogP contribution in [0, 0.1) is 11.6 Å². The number of aromatic nitrogens is 2. The van der Waals surface area contributed by atoms with Crippen molar-refractivity contribution in [3.05, 3.63) is 89.5 Å². The second-order valence-electron chi connectivity index (χ2n) is 6.50. The molecule has 0 N–H and O–H groups in total. The smallest absolute Gasteiger partial charge is 0.277 e. The molecule has 5 nitrogen and oxygen atoms in total. The molecule has 31 heavy (non-hydrogen) atoms. The Labute approximate surface area is 182 Å². The van der Waals surface area contributed by atoms with Crippen LogP contribution < -0.4 is 9.47 Å². The topological polar surface area (TPSA) is 57.4 Å². The van der Waals surface area contributed by atoms with Crippen LogP contribution in [0.25, 0.3) is 11.5 Å². The van der Waals surface area contributed by atoms with Gasteiger partial charge in [-0.25, -0.2) is 8.78 Å². The predicted octanol–water partition coefficient (Wildman–Crippen LogP) is 5.89. The fraction of sp³-hybridized carbons (Fsp3) is 0.130. The highest BCUT2D eigenvalue weighted by Gasteiger charge is 2.14. The van der Waals surface area contributed by atoms with Gasteiger partial charge in [-0.1, -0.05) is 48.2 Å². The Hall–Kier alpha value is -3.39. The molecular weight excluding hydrogens is 422 g/mol. The number of benzene rings is 3. The minimum absolute atomic E-state index is 0.0692. The quantitative estimate of drug-likeness (QED) is 0.318. The van der Waals surface area contributed by atoms with Crippen LogP contribution in [0.15, 0.2) is 76.4 Å². The third-order valence-electron chi connectivity index (χ3n) is 4.47. The first-order chi connectivity index (χ1) is 15.1. The first-order valence-corrected chi connectivity index (χ1v) is 10.4. The van der Waals surface area contributed by atoms with E-state index >= 15 is 0 Å². The van der Waals surface area contributed by atoms with Crippen molar-refractivity contribution in [1.82, 2.24) is 10.2 Å². The number of rotatable bonds is 8. The van der Waals surface area contributed by atoms with Gasteiger partial charge in [0.1, 0.15) is 18.2 Å². The van der Waals surface area contributed by atoms with Gasteiger partial charge in [-0.05, 0) is 35.9 Å². The molecule has 0 aliphatic carbocycles. The zero-order valence-corrected chi connectivity index (χ0v) is 17.4. The third-order valence-corrected chi connectivity index (χ3v) is 5.33. The van der Waals surface area contributed by atoms with Crippen LogP contribution in [0.2, 0.25) is 0 Å². The van der Waals surface area contributed by atoms with Crippen molar-refractivity contribution in [2.75, 3.05) is 7.11 Å². The molecule has 0 saturated carbocycles. The molecule has 3 aromatic carbocycles. The molecule has 0 fully saturated rings. The van der Waals surface area contributed by atoms with E-state index in [0.717, 1.165) is 0 Å². The Bertz CT molecular complexity index is 1180. The summed E-state index contributed by atoms with van der Waals surface area (Å²) in [7, 11) is 1.51. The molecule has 0 unspecified atom stereocenters. The number of hydrogen-bond donors (Lipinski definition) is 0. The zero-order chi connectivity index (χ0) is 21.6. The van der Waals surface area contributed by atoms with Crippen LogP contribution in [0.3, 0.4) is 0 Å². The van der Waals surface area contributed by atoms with Crippen LogP contribution in [-0.4, -0.2) is 17.3 Å². The Kier molecular flexibility index (Phi) is 6.47. The monoisotopic (exact) mass is 440 g/mol. The molecule has 158 valence electrons. The van der Waals surface area contributed by atoms with Gasteiger partial charge in [0.25, 0.3) is 5.22 Å².